The van der Waals surface area contributed by atoms with Crippen molar-refractivity contribution in [3.8, 4) is 0 Å². The number of amides is 1. The third kappa shape index (κ3) is 4.04. The van der Waals surface area contributed by atoms with Crippen molar-refractivity contribution in [2.75, 3.05) is 11.9 Å². The highest BCUT2D eigenvalue weighted by molar-refractivity contribution is 9.10. The molecular formula is C13H19BrN2O. The summed E-state index contributed by atoms with van der Waals surface area (Å²) in [7, 11) is 0. The van der Waals surface area contributed by atoms with Crippen LogP contribution in [-0.2, 0) is 11.2 Å². The van der Waals surface area contributed by atoms with Crippen LogP contribution in [0.4, 0.5) is 5.69 Å². The van der Waals surface area contributed by atoms with E-state index in [-0.39, 0.29) is 11.9 Å². The van der Waals surface area contributed by atoms with Gasteiger partial charge in [-0.2, -0.15) is 0 Å². The predicted octanol–water partition coefficient (Wildman–Crippen LogP) is 2.95. The second-order valence-corrected chi connectivity index (χ2v) is 4.83. The van der Waals surface area contributed by atoms with E-state index in [0.717, 1.165) is 16.6 Å². The Morgan fingerprint density at radius 1 is 1.41 bits per heavy atom. The van der Waals surface area contributed by atoms with Gasteiger partial charge in [0.15, 0.2) is 0 Å². The highest BCUT2D eigenvalue weighted by Gasteiger charge is 2.12. The number of aryl methyl sites for hydroxylation is 1. The first-order valence-electron chi connectivity index (χ1n) is 5.91. The Bertz CT molecular complexity index is 393. The van der Waals surface area contributed by atoms with Crippen molar-refractivity contribution in [1.29, 1.82) is 0 Å². The van der Waals surface area contributed by atoms with Crippen molar-refractivity contribution in [3.63, 3.8) is 0 Å². The van der Waals surface area contributed by atoms with Crippen LogP contribution in [0.3, 0.4) is 0 Å². The molecule has 1 amide bonds. The zero-order valence-corrected chi connectivity index (χ0v) is 12.1. The molecule has 0 aliphatic heterocycles. The first-order valence-corrected chi connectivity index (χ1v) is 6.70. The third-order valence-corrected chi connectivity index (χ3v) is 3.06. The van der Waals surface area contributed by atoms with E-state index in [1.165, 1.54) is 5.56 Å². The van der Waals surface area contributed by atoms with Gasteiger partial charge in [-0.05, 0) is 44.0 Å². The normalized spacial score (nSPS) is 12.0. The summed E-state index contributed by atoms with van der Waals surface area (Å²) in [6.45, 7) is 6.55. The van der Waals surface area contributed by atoms with Crippen molar-refractivity contribution in [1.82, 2.24) is 5.32 Å². The van der Waals surface area contributed by atoms with Gasteiger partial charge in [0, 0.05) is 16.7 Å². The lowest BCUT2D eigenvalue weighted by Gasteiger charge is -2.17. The van der Waals surface area contributed by atoms with Crippen LogP contribution in [0.25, 0.3) is 0 Å². The number of carbonyl (C=O) groups excluding carboxylic acids is 1. The van der Waals surface area contributed by atoms with E-state index < -0.39 is 0 Å². The van der Waals surface area contributed by atoms with Crippen molar-refractivity contribution in [2.45, 2.75) is 33.2 Å². The van der Waals surface area contributed by atoms with E-state index in [0.29, 0.717) is 6.54 Å². The summed E-state index contributed by atoms with van der Waals surface area (Å²) in [5.41, 5.74) is 2.23. The van der Waals surface area contributed by atoms with Crippen LogP contribution in [0.2, 0.25) is 0 Å². The highest BCUT2D eigenvalue weighted by atomic mass is 79.9. The van der Waals surface area contributed by atoms with Gasteiger partial charge < -0.3 is 10.6 Å². The maximum atomic E-state index is 11.6. The number of anilines is 1. The van der Waals surface area contributed by atoms with Gasteiger partial charge in [0.2, 0.25) is 5.91 Å². The number of benzene rings is 1. The molecule has 1 aromatic rings. The zero-order valence-electron chi connectivity index (χ0n) is 10.5. The van der Waals surface area contributed by atoms with E-state index in [4.69, 9.17) is 0 Å². The summed E-state index contributed by atoms with van der Waals surface area (Å²) < 4.78 is 1.06. The van der Waals surface area contributed by atoms with Gasteiger partial charge in [0.05, 0.1) is 0 Å². The zero-order chi connectivity index (χ0) is 12.8. The predicted molar refractivity (Wildman–Crippen MR) is 75.3 cm³/mol. The highest BCUT2D eigenvalue weighted by Crippen LogP contribution is 2.22. The molecule has 0 saturated heterocycles. The quantitative estimate of drug-likeness (QED) is 0.877. The average molecular weight is 299 g/mol. The number of halogens is 1. The molecular weight excluding hydrogens is 280 g/mol. The molecule has 0 fully saturated rings. The Hall–Kier alpha value is -1.03. The van der Waals surface area contributed by atoms with Gasteiger partial charge in [-0.15, -0.1) is 0 Å². The van der Waals surface area contributed by atoms with Crippen molar-refractivity contribution < 1.29 is 4.79 Å². The lowest BCUT2D eigenvalue weighted by Crippen LogP contribution is -2.37. The molecule has 0 heterocycles. The first kappa shape index (κ1) is 14.0. The lowest BCUT2D eigenvalue weighted by molar-refractivity contribution is -0.121. The number of hydrogen-bond acceptors (Lipinski definition) is 2. The molecule has 3 nitrogen and oxygen atoms in total. The first-order chi connectivity index (χ1) is 8.08. The fourth-order valence-corrected chi connectivity index (χ4v) is 2.03. The Labute approximate surface area is 111 Å². The lowest BCUT2D eigenvalue weighted by atomic mass is 10.1. The molecule has 1 rings (SSSR count). The molecule has 0 aromatic heterocycles. The smallest absolute Gasteiger partial charge is 0.242 e. The summed E-state index contributed by atoms with van der Waals surface area (Å²) in [5, 5.41) is 6.04. The number of rotatable bonds is 5. The van der Waals surface area contributed by atoms with Crippen LogP contribution < -0.4 is 10.6 Å². The second kappa shape index (κ2) is 6.64. The Morgan fingerprint density at radius 2 is 2.12 bits per heavy atom. The molecule has 0 saturated carbocycles. The van der Waals surface area contributed by atoms with Gasteiger partial charge in [0.25, 0.3) is 0 Å². The molecule has 1 unspecified atom stereocenters. The van der Waals surface area contributed by atoms with Crippen LogP contribution in [0, 0.1) is 0 Å². The molecule has 2 N–H and O–H groups in total. The minimum Gasteiger partial charge on any atom is -0.374 e. The molecule has 94 valence electrons. The summed E-state index contributed by atoms with van der Waals surface area (Å²) in [6.07, 6.45) is 0.934. The molecule has 0 aliphatic carbocycles. The van der Waals surface area contributed by atoms with E-state index in [2.05, 4.69) is 39.6 Å². The molecule has 0 radical (unpaired) electrons. The SMILES string of the molecule is CCNC(=O)C(C)Nc1ccc(Br)cc1CC. The minimum absolute atomic E-state index is 0.0254. The Kier molecular flexibility index (Phi) is 5.48. The van der Waals surface area contributed by atoms with E-state index in [1.54, 1.807) is 0 Å². The van der Waals surface area contributed by atoms with Crippen LogP contribution >= 0.6 is 15.9 Å². The minimum atomic E-state index is -0.221. The number of carbonyl (C=O) groups is 1. The largest absolute Gasteiger partial charge is 0.374 e. The van der Waals surface area contributed by atoms with Crippen molar-refractivity contribution in [3.05, 3.63) is 28.2 Å². The van der Waals surface area contributed by atoms with Crippen molar-refractivity contribution in [2.24, 2.45) is 0 Å². The fourth-order valence-electron chi connectivity index (χ4n) is 1.62. The van der Waals surface area contributed by atoms with Gasteiger partial charge in [-0.25, -0.2) is 0 Å². The average Bonchev–Trinajstić information content (AvgIpc) is 2.31. The molecule has 17 heavy (non-hydrogen) atoms. The summed E-state index contributed by atoms with van der Waals surface area (Å²) in [4.78, 5) is 11.6. The van der Waals surface area contributed by atoms with Crippen LogP contribution in [0.15, 0.2) is 22.7 Å². The molecule has 1 aromatic carbocycles. The standard InChI is InChI=1S/C13H19BrN2O/c1-4-10-8-11(14)6-7-12(10)16-9(3)13(17)15-5-2/h6-9,16H,4-5H2,1-3H3,(H,15,17). The van der Waals surface area contributed by atoms with Crippen LogP contribution in [-0.4, -0.2) is 18.5 Å². The van der Waals surface area contributed by atoms with Crippen molar-refractivity contribution >= 4 is 27.5 Å². The number of nitrogens with one attached hydrogen (secondary N) is 2. The Balaban J connectivity index is 2.77. The maximum absolute atomic E-state index is 11.6. The molecule has 0 aliphatic rings. The van der Waals surface area contributed by atoms with Gasteiger partial charge in [-0.3, -0.25) is 4.79 Å². The maximum Gasteiger partial charge on any atom is 0.242 e. The van der Waals surface area contributed by atoms with Crippen LogP contribution in [0.5, 0.6) is 0 Å². The third-order valence-electron chi connectivity index (χ3n) is 2.56. The monoisotopic (exact) mass is 298 g/mol. The van der Waals surface area contributed by atoms with Gasteiger partial charge in [-0.1, -0.05) is 22.9 Å². The summed E-state index contributed by atoms with van der Waals surface area (Å²) >= 11 is 3.45. The summed E-state index contributed by atoms with van der Waals surface area (Å²) in [5.74, 6) is 0.0254. The molecule has 0 spiro atoms. The molecule has 0 bridgehead atoms. The van der Waals surface area contributed by atoms with E-state index in [1.807, 2.05) is 26.0 Å². The second-order valence-electron chi connectivity index (χ2n) is 3.92. The molecule has 1 atom stereocenters. The van der Waals surface area contributed by atoms with E-state index in [9.17, 15) is 4.79 Å². The number of likely N-dealkylation sites (N-methyl/N-ethyl adjacent to an activating group) is 1. The topological polar surface area (TPSA) is 41.1 Å². The number of hydrogen-bond donors (Lipinski definition) is 2. The van der Waals surface area contributed by atoms with Gasteiger partial charge in [0.1, 0.15) is 6.04 Å². The Morgan fingerprint density at radius 3 is 2.71 bits per heavy atom. The van der Waals surface area contributed by atoms with E-state index >= 15 is 0 Å². The fraction of sp³-hybridized carbons (Fsp3) is 0.462. The molecule has 4 heteroatoms. The summed E-state index contributed by atoms with van der Waals surface area (Å²) in [6, 6.07) is 5.83. The van der Waals surface area contributed by atoms with Crippen LogP contribution in [0.1, 0.15) is 26.3 Å². The van der Waals surface area contributed by atoms with Gasteiger partial charge >= 0.3 is 0 Å².